The van der Waals surface area contributed by atoms with E-state index in [-0.39, 0.29) is 5.60 Å². The molecule has 0 saturated carbocycles. The molecule has 0 bridgehead atoms. The van der Waals surface area contributed by atoms with E-state index >= 15 is 0 Å². The third-order valence-electron chi connectivity index (χ3n) is 2.89. The standard InChI is InChI=1S/C18H24N4O/c1-13-7-5-8-14(11-13)22-17(19)20-12-15-9-6-10-16(21-15)23-18(2,3)4/h5-11H,12H2,1-4H3,(H3,19,20,22). The van der Waals surface area contributed by atoms with Gasteiger partial charge in [0, 0.05) is 11.8 Å². The lowest BCUT2D eigenvalue weighted by Crippen LogP contribution is -2.24. The van der Waals surface area contributed by atoms with E-state index in [1.165, 1.54) is 0 Å². The minimum Gasteiger partial charge on any atom is -0.472 e. The van der Waals surface area contributed by atoms with Gasteiger partial charge in [-0.05, 0) is 51.5 Å². The lowest BCUT2D eigenvalue weighted by Gasteiger charge is -2.20. The molecule has 0 spiro atoms. The normalized spacial score (nSPS) is 12.1. The summed E-state index contributed by atoms with van der Waals surface area (Å²) in [5.41, 5.74) is 8.54. The van der Waals surface area contributed by atoms with Crippen molar-refractivity contribution in [2.45, 2.75) is 39.8 Å². The van der Waals surface area contributed by atoms with Crippen LogP contribution in [0.4, 0.5) is 5.69 Å². The van der Waals surface area contributed by atoms with Crippen molar-refractivity contribution in [3.05, 3.63) is 53.7 Å². The first-order valence-electron chi connectivity index (χ1n) is 7.60. The van der Waals surface area contributed by atoms with Crippen LogP contribution in [0.1, 0.15) is 32.0 Å². The van der Waals surface area contributed by atoms with Crippen molar-refractivity contribution in [1.29, 1.82) is 0 Å². The molecule has 0 fully saturated rings. The Bertz CT molecular complexity index is 689. The zero-order valence-electron chi connectivity index (χ0n) is 14.1. The molecule has 0 aliphatic heterocycles. The maximum absolute atomic E-state index is 5.92. The van der Waals surface area contributed by atoms with Crippen molar-refractivity contribution < 1.29 is 4.74 Å². The number of nitrogens with one attached hydrogen (secondary N) is 1. The number of nitrogens with zero attached hydrogens (tertiary/aromatic N) is 2. The zero-order valence-corrected chi connectivity index (χ0v) is 14.1. The molecule has 1 aromatic carbocycles. The average molecular weight is 312 g/mol. The number of benzene rings is 1. The number of hydrogen-bond acceptors (Lipinski definition) is 3. The van der Waals surface area contributed by atoms with E-state index < -0.39 is 0 Å². The van der Waals surface area contributed by atoms with Crippen LogP contribution in [0.2, 0.25) is 0 Å². The number of anilines is 1. The monoisotopic (exact) mass is 312 g/mol. The number of rotatable bonds is 4. The molecule has 0 amide bonds. The van der Waals surface area contributed by atoms with Crippen molar-refractivity contribution in [2.24, 2.45) is 10.7 Å². The van der Waals surface area contributed by atoms with Gasteiger partial charge in [0.2, 0.25) is 5.88 Å². The Labute approximate surface area is 137 Å². The largest absolute Gasteiger partial charge is 0.472 e. The van der Waals surface area contributed by atoms with E-state index in [0.29, 0.717) is 18.4 Å². The van der Waals surface area contributed by atoms with Gasteiger partial charge >= 0.3 is 0 Å². The Hall–Kier alpha value is -2.56. The number of aromatic nitrogens is 1. The molecule has 1 aromatic heterocycles. The first-order chi connectivity index (χ1) is 10.8. The first kappa shape index (κ1) is 16.8. The third-order valence-corrected chi connectivity index (χ3v) is 2.89. The van der Waals surface area contributed by atoms with Crippen LogP contribution in [0, 0.1) is 6.92 Å². The quantitative estimate of drug-likeness (QED) is 0.669. The molecule has 0 aliphatic rings. The van der Waals surface area contributed by atoms with Crippen molar-refractivity contribution in [1.82, 2.24) is 4.98 Å². The van der Waals surface area contributed by atoms with Crippen molar-refractivity contribution in [3.63, 3.8) is 0 Å². The van der Waals surface area contributed by atoms with E-state index in [0.717, 1.165) is 16.9 Å². The lowest BCUT2D eigenvalue weighted by atomic mass is 10.2. The summed E-state index contributed by atoms with van der Waals surface area (Å²) in [6.45, 7) is 8.39. The molecule has 5 nitrogen and oxygen atoms in total. The smallest absolute Gasteiger partial charge is 0.214 e. The van der Waals surface area contributed by atoms with Gasteiger partial charge in [0.25, 0.3) is 0 Å². The fourth-order valence-electron chi connectivity index (χ4n) is 1.99. The molecular formula is C18H24N4O. The van der Waals surface area contributed by atoms with Crippen molar-refractivity contribution in [3.8, 4) is 5.88 Å². The highest BCUT2D eigenvalue weighted by Gasteiger charge is 2.12. The average Bonchev–Trinajstić information content (AvgIpc) is 2.44. The van der Waals surface area contributed by atoms with Gasteiger partial charge in [0.1, 0.15) is 5.60 Å². The summed E-state index contributed by atoms with van der Waals surface area (Å²) in [4.78, 5) is 8.76. The molecule has 0 radical (unpaired) electrons. The second kappa shape index (κ2) is 7.13. The van der Waals surface area contributed by atoms with E-state index in [4.69, 9.17) is 10.5 Å². The van der Waals surface area contributed by atoms with Crippen LogP contribution in [-0.2, 0) is 6.54 Å². The highest BCUT2D eigenvalue weighted by molar-refractivity contribution is 5.92. The summed E-state index contributed by atoms with van der Waals surface area (Å²) in [7, 11) is 0. The Morgan fingerprint density at radius 2 is 1.96 bits per heavy atom. The van der Waals surface area contributed by atoms with Crippen LogP contribution in [0.15, 0.2) is 47.5 Å². The molecule has 1 heterocycles. The Kier molecular flexibility index (Phi) is 5.21. The molecule has 0 unspecified atom stereocenters. The Morgan fingerprint density at radius 3 is 2.65 bits per heavy atom. The van der Waals surface area contributed by atoms with Gasteiger partial charge in [-0.15, -0.1) is 0 Å². The SMILES string of the molecule is Cc1cccc(NC(N)=NCc2cccc(OC(C)(C)C)n2)c1. The number of aliphatic imine (C=N–C) groups is 1. The van der Waals surface area contributed by atoms with Crippen LogP contribution < -0.4 is 15.8 Å². The topological polar surface area (TPSA) is 72.5 Å². The van der Waals surface area contributed by atoms with Crippen LogP contribution in [-0.4, -0.2) is 16.5 Å². The molecular weight excluding hydrogens is 288 g/mol. The first-order valence-corrected chi connectivity index (χ1v) is 7.60. The molecule has 0 saturated heterocycles. The van der Waals surface area contributed by atoms with Crippen LogP contribution >= 0.6 is 0 Å². The molecule has 2 aromatic rings. The van der Waals surface area contributed by atoms with Crippen LogP contribution in [0.25, 0.3) is 0 Å². The summed E-state index contributed by atoms with van der Waals surface area (Å²) in [6.07, 6.45) is 0. The minimum absolute atomic E-state index is 0.277. The minimum atomic E-state index is -0.277. The predicted octanol–water partition coefficient (Wildman–Crippen LogP) is 3.49. The summed E-state index contributed by atoms with van der Waals surface area (Å²) >= 11 is 0. The Balaban J connectivity index is 2.00. The maximum atomic E-state index is 5.92. The van der Waals surface area contributed by atoms with Crippen molar-refractivity contribution in [2.75, 3.05) is 5.32 Å². The number of ether oxygens (including phenoxy) is 1. The summed E-state index contributed by atoms with van der Waals surface area (Å²) in [6, 6.07) is 13.6. The maximum Gasteiger partial charge on any atom is 0.214 e. The number of aryl methyl sites for hydroxylation is 1. The summed E-state index contributed by atoms with van der Waals surface area (Å²) < 4.78 is 5.75. The van der Waals surface area contributed by atoms with E-state index in [1.807, 2.05) is 70.2 Å². The number of hydrogen-bond donors (Lipinski definition) is 2. The number of guanidine groups is 1. The molecule has 23 heavy (non-hydrogen) atoms. The summed E-state index contributed by atoms with van der Waals surface area (Å²) in [5.74, 6) is 0.954. The van der Waals surface area contributed by atoms with Crippen LogP contribution in [0.3, 0.4) is 0 Å². The molecule has 5 heteroatoms. The van der Waals surface area contributed by atoms with Gasteiger partial charge in [-0.25, -0.2) is 9.98 Å². The van der Waals surface area contributed by atoms with Gasteiger partial charge in [-0.1, -0.05) is 18.2 Å². The predicted molar refractivity (Wildman–Crippen MR) is 94.7 cm³/mol. The Morgan fingerprint density at radius 1 is 1.22 bits per heavy atom. The highest BCUT2D eigenvalue weighted by Crippen LogP contribution is 2.16. The van der Waals surface area contributed by atoms with Crippen LogP contribution in [0.5, 0.6) is 5.88 Å². The fraction of sp³-hybridized carbons (Fsp3) is 0.333. The van der Waals surface area contributed by atoms with Gasteiger partial charge in [-0.3, -0.25) is 0 Å². The van der Waals surface area contributed by atoms with E-state index in [1.54, 1.807) is 0 Å². The van der Waals surface area contributed by atoms with Crippen molar-refractivity contribution >= 4 is 11.6 Å². The second-order valence-corrected chi connectivity index (χ2v) is 6.38. The number of nitrogens with two attached hydrogens (primary N) is 1. The molecule has 122 valence electrons. The zero-order chi connectivity index (χ0) is 16.9. The lowest BCUT2D eigenvalue weighted by molar-refractivity contribution is 0.124. The molecule has 2 rings (SSSR count). The third kappa shape index (κ3) is 5.98. The summed E-state index contributed by atoms with van der Waals surface area (Å²) in [5, 5.41) is 3.07. The van der Waals surface area contributed by atoms with Gasteiger partial charge < -0.3 is 15.8 Å². The molecule has 3 N–H and O–H groups in total. The van der Waals surface area contributed by atoms with Gasteiger partial charge in [-0.2, -0.15) is 0 Å². The highest BCUT2D eigenvalue weighted by atomic mass is 16.5. The second-order valence-electron chi connectivity index (χ2n) is 6.38. The molecule has 0 atom stereocenters. The van der Waals surface area contributed by atoms with Gasteiger partial charge in [0.05, 0.1) is 12.2 Å². The molecule has 0 aliphatic carbocycles. The van der Waals surface area contributed by atoms with E-state index in [2.05, 4.69) is 15.3 Å². The number of pyridine rings is 1. The van der Waals surface area contributed by atoms with E-state index in [9.17, 15) is 0 Å². The fourth-order valence-corrected chi connectivity index (χ4v) is 1.99. The van der Waals surface area contributed by atoms with Gasteiger partial charge in [0.15, 0.2) is 5.96 Å².